The van der Waals surface area contributed by atoms with E-state index in [4.69, 9.17) is 19.2 Å². The monoisotopic (exact) mass is 321 g/mol. The molecule has 3 heterocycles. The highest BCUT2D eigenvalue weighted by Crippen LogP contribution is 2.35. The SMILES string of the molecule is COC(c1ccccn1)c1cncc(-c2ccc3c(c2)OCO3)n1. The number of hydrogen-bond donors (Lipinski definition) is 0. The second kappa shape index (κ2) is 6.25. The number of aromatic nitrogens is 3. The Morgan fingerprint density at radius 2 is 1.96 bits per heavy atom. The number of ether oxygens (including phenoxy) is 3. The van der Waals surface area contributed by atoms with Crippen molar-refractivity contribution in [1.29, 1.82) is 0 Å². The van der Waals surface area contributed by atoms with Crippen molar-refractivity contribution in [2.24, 2.45) is 0 Å². The molecule has 0 saturated carbocycles. The summed E-state index contributed by atoms with van der Waals surface area (Å²) in [6, 6.07) is 11.4. The van der Waals surface area contributed by atoms with Crippen molar-refractivity contribution < 1.29 is 14.2 Å². The normalized spacial score (nSPS) is 13.7. The molecule has 3 aromatic rings. The molecule has 1 atom stereocenters. The van der Waals surface area contributed by atoms with E-state index in [0.717, 1.165) is 22.7 Å². The zero-order chi connectivity index (χ0) is 16.4. The van der Waals surface area contributed by atoms with Crippen molar-refractivity contribution in [3.63, 3.8) is 0 Å². The Kier molecular flexibility index (Phi) is 3.80. The molecule has 0 bridgehead atoms. The van der Waals surface area contributed by atoms with Crippen LogP contribution in [0.15, 0.2) is 55.0 Å². The van der Waals surface area contributed by atoms with Gasteiger partial charge < -0.3 is 14.2 Å². The second-order valence-electron chi connectivity index (χ2n) is 5.27. The first-order chi connectivity index (χ1) is 11.8. The predicted octanol–water partition coefficient (Wildman–Crippen LogP) is 3.00. The summed E-state index contributed by atoms with van der Waals surface area (Å²) in [6.07, 6.45) is 4.77. The predicted molar refractivity (Wildman–Crippen MR) is 86.7 cm³/mol. The number of methoxy groups -OCH3 is 1. The molecule has 6 nitrogen and oxygen atoms in total. The molecule has 24 heavy (non-hydrogen) atoms. The van der Waals surface area contributed by atoms with Gasteiger partial charge >= 0.3 is 0 Å². The molecule has 1 aromatic carbocycles. The molecule has 120 valence electrons. The van der Waals surface area contributed by atoms with Gasteiger partial charge in [-0.1, -0.05) is 6.07 Å². The van der Waals surface area contributed by atoms with Gasteiger partial charge in [0.2, 0.25) is 6.79 Å². The highest BCUT2D eigenvalue weighted by atomic mass is 16.7. The Bertz CT molecular complexity index is 855. The molecule has 0 N–H and O–H groups in total. The lowest BCUT2D eigenvalue weighted by atomic mass is 10.1. The Morgan fingerprint density at radius 3 is 2.79 bits per heavy atom. The summed E-state index contributed by atoms with van der Waals surface area (Å²) in [5.74, 6) is 1.46. The minimum absolute atomic E-state index is 0.246. The maximum absolute atomic E-state index is 5.58. The van der Waals surface area contributed by atoms with E-state index in [1.807, 2.05) is 36.4 Å². The molecule has 1 aliphatic heterocycles. The fourth-order valence-electron chi connectivity index (χ4n) is 2.63. The van der Waals surface area contributed by atoms with Gasteiger partial charge in [-0.2, -0.15) is 0 Å². The van der Waals surface area contributed by atoms with Gasteiger partial charge in [0, 0.05) is 18.9 Å². The summed E-state index contributed by atoms with van der Waals surface area (Å²) in [4.78, 5) is 13.3. The minimum atomic E-state index is -0.368. The largest absolute Gasteiger partial charge is 0.454 e. The summed E-state index contributed by atoms with van der Waals surface area (Å²) in [7, 11) is 1.63. The Labute approximate surface area is 139 Å². The van der Waals surface area contributed by atoms with Crippen LogP contribution in [0.4, 0.5) is 0 Å². The molecule has 6 heteroatoms. The average Bonchev–Trinajstić information content (AvgIpc) is 3.11. The van der Waals surface area contributed by atoms with Gasteiger partial charge in [0.25, 0.3) is 0 Å². The van der Waals surface area contributed by atoms with E-state index < -0.39 is 0 Å². The van der Waals surface area contributed by atoms with E-state index in [-0.39, 0.29) is 12.9 Å². The topological polar surface area (TPSA) is 66.4 Å². The molecule has 0 radical (unpaired) electrons. The second-order valence-corrected chi connectivity index (χ2v) is 5.27. The van der Waals surface area contributed by atoms with Gasteiger partial charge in [0.15, 0.2) is 11.5 Å². The van der Waals surface area contributed by atoms with E-state index >= 15 is 0 Å². The van der Waals surface area contributed by atoms with Crippen LogP contribution >= 0.6 is 0 Å². The summed E-state index contributed by atoms with van der Waals surface area (Å²) in [5.41, 5.74) is 3.14. The molecule has 0 aliphatic carbocycles. The molecule has 1 unspecified atom stereocenters. The fraction of sp³-hybridized carbons (Fsp3) is 0.167. The van der Waals surface area contributed by atoms with Crippen molar-refractivity contribution in [3.8, 4) is 22.8 Å². The van der Waals surface area contributed by atoms with Crippen LogP contribution in [0.3, 0.4) is 0 Å². The quantitative estimate of drug-likeness (QED) is 0.736. The highest BCUT2D eigenvalue weighted by Gasteiger charge is 2.18. The van der Waals surface area contributed by atoms with Crippen molar-refractivity contribution in [2.75, 3.05) is 13.9 Å². The van der Waals surface area contributed by atoms with Gasteiger partial charge in [0.1, 0.15) is 6.10 Å². The van der Waals surface area contributed by atoms with Gasteiger partial charge in [-0.05, 0) is 30.3 Å². The van der Waals surface area contributed by atoms with Crippen LogP contribution < -0.4 is 9.47 Å². The van der Waals surface area contributed by atoms with E-state index in [1.165, 1.54) is 0 Å². The number of hydrogen-bond acceptors (Lipinski definition) is 6. The Hall–Kier alpha value is -2.99. The minimum Gasteiger partial charge on any atom is -0.454 e. The van der Waals surface area contributed by atoms with Gasteiger partial charge in [-0.3, -0.25) is 9.97 Å². The maximum Gasteiger partial charge on any atom is 0.231 e. The molecule has 1 aliphatic rings. The lowest BCUT2D eigenvalue weighted by Gasteiger charge is -2.14. The first kappa shape index (κ1) is 14.6. The smallest absolute Gasteiger partial charge is 0.231 e. The number of pyridine rings is 1. The number of fused-ring (bicyclic) bond motifs is 1. The first-order valence-electron chi connectivity index (χ1n) is 7.51. The summed E-state index contributed by atoms with van der Waals surface area (Å²) in [5, 5.41) is 0. The zero-order valence-electron chi connectivity index (χ0n) is 13.0. The molecular formula is C18H15N3O3. The van der Waals surface area contributed by atoms with Crippen LogP contribution in [0.2, 0.25) is 0 Å². The van der Waals surface area contributed by atoms with Crippen molar-refractivity contribution in [2.45, 2.75) is 6.10 Å². The van der Waals surface area contributed by atoms with Crippen molar-refractivity contribution in [1.82, 2.24) is 15.0 Å². The fourth-order valence-corrected chi connectivity index (χ4v) is 2.63. The lowest BCUT2D eigenvalue weighted by molar-refractivity contribution is 0.129. The number of benzene rings is 1. The third-order valence-corrected chi connectivity index (χ3v) is 3.78. The molecule has 0 amide bonds. The lowest BCUT2D eigenvalue weighted by Crippen LogP contribution is -2.08. The van der Waals surface area contributed by atoms with Crippen LogP contribution in [0, 0.1) is 0 Å². The molecule has 0 spiro atoms. The van der Waals surface area contributed by atoms with Crippen LogP contribution in [0.1, 0.15) is 17.5 Å². The van der Waals surface area contributed by atoms with Gasteiger partial charge in [0.05, 0.1) is 29.5 Å². The third-order valence-electron chi connectivity index (χ3n) is 3.78. The molecule has 4 rings (SSSR count). The summed E-state index contributed by atoms with van der Waals surface area (Å²) in [6.45, 7) is 0.246. The van der Waals surface area contributed by atoms with E-state index in [0.29, 0.717) is 11.4 Å². The van der Waals surface area contributed by atoms with Crippen LogP contribution in [-0.2, 0) is 4.74 Å². The van der Waals surface area contributed by atoms with Crippen LogP contribution in [0.25, 0.3) is 11.3 Å². The maximum atomic E-state index is 5.58. The standard InChI is InChI=1S/C18H15N3O3/c1-22-18(13-4-2-3-7-20-13)15-10-19-9-14(21-15)12-5-6-16-17(8-12)24-11-23-16/h2-10,18H,11H2,1H3. The number of rotatable bonds is 4. The van der Waals surface area contributed by atoms with Gasteiger partial charge in [-0.25, -0.2) is 4.98 Å². The van der Waals surface area contributed by atoms with E-state index in [1.54, 1.807) is 25.7 Å². The van der Waals surface area contributed by atoms with E-state index in [9.17, 15) is 0 Å². The summed E-state index contributed by atoms with van der Waals surface area (Å²) < 4.78 is 16.3. The van der Waals surface area contributed by atoms with Gasteiger partial charge in [-0.15, -0.1) is 0 Å². The third kappa shape index (κ3) is 2.68. The average molecular weight is 321 g/mol. The summed E-state index contributed by atoms with van der Waals surface area (Å²) >= 11 is 0. The van der Waals surface area contributed by atoms with Crippen LogP contribution in [-0.4, -0.2) is 28.9 Å². The molecule has 2 aromatic heterocycles. The molecule has 0 saturated heterocycles. The molecule has 0 fully saturated rings. The molecular weight excluding hydrogens is 306 g/mol. The van der Waals surface area contributed by atoms with E-state index in [2.05, 4.69) is 9.97 Å². The zero-order valence-corrected chi connectivity index (χ0v) is 13.0. The highest BCUT2D eigenvalue weighted by molar-refractivity contribution is 5.63. The Morgan fingerprint density at radius 1 is 1.04 bits per heavy atom. The van der Waals surface area contributed by atoms with Crippen molar-refractivity contribution in [3.05, 3.63) is 66.4 Å². The Balaban J connectivity index is 1.71. The number of nitrogens with zero attached hydrogens (tertiary/aromatic N) is 3. The first-order valence-corrected chi connectivity index (χ1v) is 7.51. The van der Waals surface area contributed by atoms with Crippen molar-refractivity contribution >= 4 is 0 Å². The van der Waals surface area contributed by atoms with Crippen LogP contribution in [0.5, 0.6) is 11.5 Å².